The first kappa shape index (κ1) is 22.8. The molecule has 0 fully saturated rings. The maximum Gasteiger partial charge on any atom is 0.286 e. The van der Waals surface area contributed by atoms with E-state index in [2.05, 4.69) is 15.3 Å². The molecule has 2 atom stereocenters. The lowest BCUT2D eigenvalue weighted by molar-refractivity contribution is -0.150. The molecule has 2 heterocycles. The van der Waals surface area contributed by atoms with Crippen LogP contribution in [0.15, 0.2) is 90.7 Å². The Labute approximate surface area is 203 Å². The van der Waals surface area contributed by atoms with Gasteiger partial charge in [-0.25, -0.2) is 4.98 Å². The predicted molar refractivity (Wildman–Crippen MR) is 132 cm³/mol. The standard InChI is InChI=1S/C28H27N3O4/c32-17-19-10-12-20(13-11-19)18-34-27-15-22(21-6-2-1-3-7-21)14-25(35-27)28(33)29-16-26-30-23-8-4-5-9-24(23)31-26/h1-14,22,27,32H,15-18H2,(H,29,33)(H,30,31)/t22-,27+/m1/s1. The number of aromatic amines is 1. The number of aliphatic hydroxyl groups is 1. The van der Waals surface area contributed by atoms with Gasteiger partial charge in [0.05, 0.1) is 30.8 Å². The van der Waals surface area contributed by atoms with E-state index >= 15 is 0 Å². The second-order valence-electron chi connectivity index (χ2n) is 8.50. The van der Waals surface area contributed by atoms with Crippen LogP contribution in [0.3, 0.4) is 0 Å². The molecule has 1 aliphatic rings. The van der Waals surface area contributed by atoms with Crippen molar-refractivity contribution in [3.05, 3.63) is 113 Å². The number of nitrogens with one attached hydrogen (secondary N) is 2. The first-order valence-electron chi connectivity index (χ1n) is 11.6. The summed E-state index contributed by atoms with van der Waals surface area (Å²) in [6.45, 7) is 0.599. The maximum atomic E-state index is 13.0. The highest BCUT2D eigenvalue weighted by Crippen LogP contribution is 2.31. The zero-order valence-electron chi connectivity index (χ0n) is 19.2. The number of hydrogen-bond donors (Lipinski definition) is 3. The van der Waals surface area contributed by atoms with Gasteiger partial charge in [-0.05, 0) is 34.9 Å². The lowest BCUT2D eigenvalue weighted by Crippen LogP contribution is -2.32. The Morgan fingerprint density at radius 3 is 2.54 bits per heavy atom. The van der Waals surface area contributed by atoms with Crippen molar-refractivity contribution in [2.45, 2.75) is 38.4 Å². The molecule has 35 heavy (non-hydrogen) atoms. The summed E-state index contributed by atoms with van der Waals surface area (Å²) < 4.78 is 12.0. The number of ether oxygens (including phenoxy) is 2. The van der Waals surface area contributed by atoms with Crippen LogP contribution in [-0.2, 0) is 34.0 Å². The number of benzene rings is 3. The van der Waals surface area contributed by atoms with Gasteiger partial charge in [0.25, 0.3) is 5.91 Å². The van der Waals surface area contributed by atoms with Crippen molar-refractivity contribution in [2.24, 2.45) is 0 Å². The van der Waals surface area contributed by atoms with Gasteiger partial charge in [-0.3, -0.25) is 4.79 Å². The Balaban J connectivity index is 1.28. The Hall–Kier alpha value is -3.94. The van der Waals surface area contributed by atoms with Gasteiger partial charge in [0.2, 0.25) is 6.29 Å². The molecule has 7 heteroatoms. The van der Waals surface area contributed by atoms with Gasteiger partial charge in [0.1, 0.15) is 5.82 Å². The monoisotopic (exact) mass is 469 g/mol. The number of imidazole rings is 1. The lowest BCUT2D eigenvalue weighted by atomic mass is 9.93. The number of carbonyl (C=O) groups is 1. The molecule has 0 spiro atoms. The zero-order chi connectivity index (χ0) is 24.0. The van der Waals surface area contributed by atoms with E-state index in [1.165, 1.54) is 0 Å². The summed E-state index contributed by atoms with van der Waals surface area (Å²) in [7, 11) is 0. The molecular weight excluding hydrogens is 442 g/mol. The molecule has 1 amide bonds. The number of amides is 1. The SMILES string of the molecule is O=C(NCc1nc2ccccc2[nH]1)C1=C[C@@H](c2ccccc2)C[C@@H](OCc2ccc(CO)cc2)O1. The zero-order valence-corrected chi connectivity index (χ0v) is 19.2. The van der Waals surface area contributed by atoms with Crippen LogP contribution in [0.2, 0.25) is 0 Å². The number of aromatic nitrogens is 2. The van der Waals surface area contributed by atoms with E-state index in [1.807, 2.05) is 84.9 Å². The molecule has 0 saturated carbocycles. The molecule has 4 aromatic rings. The third-order valence-corrected chi connectivity index (χ3v) is 6.01. The van der Waals surface area contributed by atoms with Crippen molar-refractivity contribution in [3.8, 4) is 0 Å². The average molecular weight is 470 g/mol. The summed E-state index contributed by atoms with van der Waals surface area (Å²) in [4.78, 5) is 20.8. The van der Waals surface area contributed by atoms with Crippen molar-refractivity contribution in [1.82, 2.24) is 15.3 Å². The molecule has 1 aromatic heterocycles. The van der Waals surface area contributed by atoms with E-state index < -0.39 is 6.29 Å². The molecule has 0 aliphatic carbocycles. The quantitative estimate of drug-likeness (QED) is 0.358. The summed E-state index contributed by atoms with van der Waals surface area (Å²) in [5.41, 5.74) is 4.69. The first-order chi connectivity index (χ1) is 17.2. The number of aliphatic hydroxyl groups excluding tert-OH is 1. The largest absolute Gasteiger partial charge is 0.459 e. The van der Waals surface area contributed by atoms with Gasteiger partial charge in [0, 0.05) is 12.3 Å². The molecule has 3 aromatic carbocycles. The Kier molecular flexibility index (Phi) is 6.88. The number of carbonyl (C=O) groups excluding carboxylic acids is 1. The third-order valence-electron chi connectivity index (χ3n) is 6.01. The van der Waals surface area contributed by atoms with E-state index in [-0.39, 0.29) is 30.7 Å². The van der Waals surface area contributed by atoms with Crippen LogP contribution in [-0.4, -0.2) is 27.3 Å². The number of allylic oxidation sites excluding steroid dienone is 1. The highest BCUT2D eigenvalue weighted by Gasteiger charge is 2.28. The van der Waals surface area contributed by atoms with Crippen molar-refractivity contribution in [3.63, 3.8) is 0 Å². The lowest BCUT2D eigenvalue weighted by Gasteiger charge is -2.29. The van der Waals surface area contributed by atoms with Crippen molar-refractivity contribution in [1.29, 1.82) is 0 Å². The Morgan fingerprint density at radius 2 is 1.77 bits per heavy atom. The predicted octanol–water partition coefficient (Wildman–Crippen LogP) is 4.30. The molecular formula is C28H27N3O4. The van der Waals surface area contributed by atoms with Gasteiger partial charge in [-0.1, -0.05) is 66.7 Å². The van der Waals surface area contributed by atoms with E-state index in [0.29, 0.717) is 18.9 Å². The molecule has 1 aliphatic heterocycles. The molecule has 5 rings (SSSR count). The molecule has 0 saturated heterocycles. The number of para-hydroxylation sites is 2. The fraction of sp³-hybridized carbons (Fsp3) is 0.214. The highest BCUT2D eigenvalue weighted by molar-refractivity contribution is 5.91. The Morgan fingerprint density at radius 1 is 1.03 bits per heavy atom. The van der Waals surface area contributed by atoms with E-state index in [9.17, 15) is 9.90 Å². The maximum absolute atomic E-state index is 13.0. The average Bonchev–Trinajstić information content (AvgIpc) is 3.34. The first-order valence-corrected chi connectivity index (χ1v) is 11.6. The summed E-state index contributed by atoms with van der Waals surface area (Å²) in [5, 5.41) is 12.1. The van der Waals surface area contributed by atoms with Crippen LogP contribution >= 0.6 is 0 Å². The van der Waals surface area contributed by atoms with Crippen molar-refractivity contribution >= 4 is 16.9 Å². The minimum absolute atomic E-state index is 0.00290. The summed E-state index contributed by atoms with van der Waals surface area (Å²) >= 11 is 0. The number of fused-ring (bicyclic) bond motifs is 1. The fourth-order valence-electron chi connectivity index (χ4n) is 4.12. The summed E-state index contributed by atoms with van der Waals surface area (Å²) in [5.74, 6) is 0.585. The molecule has 0 bridgehead atoms. The number of H-pyrrole nitrogens is 1. The van der Waals surface area contributed by atoms with Crippen molar-refractivity contribution < 1.29 is 19.4 Å². The van der Waals surface area contributed by atoms with E-state index in [1.54, 1.807) is 0 Å². The minimum atomic E-state index is -0.574. The molecule has 0 radical (unpaired) electrons. The van der Waals surface area contributed by atoms with E-state index in [0.717, 1.165) is 27.7 Å². The summed E-state index contributed by atoms with van der Waals surface area (Å²) in [6.07, 6.45) is 1.88. The minimum Gasteiger partial charge on any atom is -0.459 e. The van der Waals surface area contributed by atoms with Crippen LogP contribution in [0.5, 0.6) is 0 Å². The number of hydrogen-bond acceptors (Lipinski definition) is 5. The topological polar surface area (TPSA) is 96.5 Å². The van der Waals surface area contributed by atoms with Gasteiger partial charge in [-0.2, -0.15) is 0 Å². The smallest absolute Gasteiger partial charge is 0.286 e. The van der Waals surface area contributed by atoms with Gasteiger partial charge in [0.15, 0.2) is 5.76 Å². The summed E-state index contributed by atoms with van der Waals surface area (Å²) in [6, 6.07) is 25.3. The highest BCUT2D eigenvalue weighted by atomic mass is 16.7. The number of rotatable bonds is 8. The van der Waals surface area contributed by atoms with Gasteiger partial charge >= 0.3 is 0 Å². The van der Waals surface area contributed by atoms with Crippen LogP contribution in [0.1, 0.15) is 34.9 Å². The van der Waals surface area contributed by atoms with Crippen LogP contribution in [0, 0.1) is 0 Å². The van der Waals surface area contributed by atoms with E-state index in [4.69, 9.17) is 9.47 Å². The molecule has 178 valence electrons. The second-order valence-corrected chi connectivity index (χ2v) is 8.50. The van der Waals surface area contributed by atoms with Gasteiger partial charge < -0.3 is 24.9 Å². The fourth-order valence-corrected chi connectivity index (χ4v) is 4.12. The third kappa shape index (κ3) is 5.59. The number of nitrogens with zero attached hydrogens (tertiary/aromatic N) is 1. The second kappa shape index (κ2) is 10.5. The molecule has 7 nitrogen and oxygen atoms in total. The van der Waals surface area contributed by atoms with Crippen LogP contribution < -0.4 is 5.32 Å². The van der Waals surface area contributed by atoms with Crippen molar-refractivity contribution in [2.75, 3.05) is 0 Å². The van der Waals surface area contributed by atoms with Gasteiger partial charge in [-0.15, -0.1) is 0 Å². The van der Waals surface area contributed by atoms with Crippen LogP contribution in [0.4, 0.5) is 0 Å². The molecule has 0 unspecified atom stereocenters. The molecule has 3 N–H and O–H groups in total. The van der Waals surface area contributed by atoms with Crippen LogP contribution in [0.25, 0.3) is 11.0 Å². The Bertz CT molecular complexity index is 1280. The normalized spacial score (nSPS) is 17.6.